The summed E-state index contributed by atoms with van der Waals surface area (Å²) in [7, 11) is 0. The van der Waals surface area contributed by atoms with E-state index < -0.39 is 0 Å². The molecule has 0 radical (unpaired) electrons. The number of hydrogen-bond acceptors (Lipinski definition) is 1. The third-order valence-corrected chi connectivity index (χ3v) is 5.37. The fourth-order valence-electron chi connectivity index (χ4n) is 4.69. The first-order valence-corrected chi connectivity index (χ1v) is 7.39. The van der Waals surface area contributed by atoms with Crippen LogP contribution in [0, 0.1) is 11.3 Å². The number of benzene rings is 1. The normalized spacial score (nSPS) is 36.4. The van der Waals surface area contributed by atoms with Gasteiger partial charge in [-0.05, 0) is 47.3 Å². The lowest BCUT2D eigenvalue weighted by Crippen LogP contribution is -2.64. The Labute approximate surface area is 111 Å². The lowest BCUT2D eigenvalue weighted by Gasteiger charge is -2.62. The van der Waals surface area contributed by atoms with Crippen LogP contribution in [0.1, 0.15) is 57.1 Å². The number of fused-ring (bicyclic) bond motifs is 3. The SMILES string of the molecule is CCNC1C2CC(C)c3ccccc3C2C1(C)C. The van der Waals surface area contributed by atoms with Gasteiger partial charge in [-0.25, -0.2) is 0 Å². The van der Waals surface area contributed by atoms with E-state index >= 15 is 0 Å². The Bertz CT molecular complexity index is 449. The van der Waals surface area contributed by atoms with Crippen molar-refractivity contribution >= 4 is 0 Å². The summed E-state index contributed by atoms with van der Waals surface area (Å²) in [4.78, 5) is 0. The fraction of sp³-hybridized carbons (Fsp3) is 0.647. The van der Waals surface area contributed by atoms with Crippen molar-refractivity contribution in [1.29, 1.82) is 0 Å². The lowest BCUT2D eigenvalue weighted by atomic mass is 9.45. The van der Waals surface area contributed by atoms with Crippen LogP contribution in [0.5, 0.6) is 0 Å². The third-order valence-electron chi connectivity index (χ3n) is 5.37. The summed E-state index contributed by atoms with van der Waals surface area (Å²) >= 11 is 0. The molecule has 0 aromatic heterocycles. The van der Waals surface area contributed by atoms with Crippen molar-refractivity contribution in [3.8, 4) is 0 Å². The van der Waals surface area contributed by atoms with Gasteiger partial charge in [-0.2, -0.15) is 0 Å². The van der Waals surface area contributed by atoms with Crippen molar-refractivity contribution in [2.75, 3.05) is 6.54 Å². The molecule has 98 valence electrons. The Morgan fingerprint density at radius 3 is 2.56 bits per heavy atom. The van der Waals surface area contributed by atoms with Crippen molar-refractivity contribution in [1.82, 2.24) is 5.32 Å². The zero-order valence-corrected chi connectivity index (χ0v) is 12.0. The minimum Gasteiger partial charge on any atom is -0.313 e. The van der Waals surface area contributed by atoms with Crippen LogP contribution in [0.4, 0.5) is 0 Å². The van der Waals surface area contributed by atoms with E-state index in [1.807, 2.05) is 0 Å². The second-order valence-corrected chi connectivity index (χ2v) is 6.76. The maximum Gasteiger partial charge on any atom is 0.0159 e. The Balaban J connectivity index is 2.00. The molecule has 1 aromatic carbocycles. The van der Waals surface area contributed by atoms with Crippen molar-refractivity contribution in [2.24, 2.45) is 11.3 Å². The molecule has 2 aliphatic rings. The van der Waals surface area contributed by atoms with Crippen molar-refractivity contribution < 1.29 is 0 Å². The third kappa shape index (κ3) is 1.50. The molecule has 0 amide bonds. The van der Waals surface area contributed by atoms with E-state index in [2.05, 4.69) is 57.3 Å². The van der Waals surface area contributed by atoms with Gasteiger partial charge in [-0.1, -0.05) is 52.0 Å². The molecule has 0 aliphatic heterocycles. The highest BCUT2D eigenvalue weighted by atomic mass is 15.0. The van der Waals surface area contributed by atoms with Crippen LogP contribution in [-0.2, 0) is 0 Å². The summed E-state index contributed by atoms with van der Waals surface area (Å²) in [6.07, 6.45) is 1.35. The van der Waals surface area contributed by atoms with Crippen molar-refractivity contribution in [3.05, 3.63) is 35.4 Å². The van der Waals surface area contributed by atoms with Crippen LogP contribution < -0.4 is 5.32 Å². The topological polar surface area (TPSA) is 12.0 Å². The number of rotatable bonds is 2. The van der Waals surface area contributed by atoms with Gasteiger partial charge in [0.1, 0.15) is 0 Å². The van der Waals surface area contributed by atoms with E-state index in [0.29, 0.717) is 11.5 Å². The summed E-state index contributed by atoms with van der Waals surface area (Å²) in [5, 5.41) is 3.72. The molecule has 1 nitrogen and oxygen atoms in total. The van der Waals surface area contributed by atoms with Gasteiger partial charge in [0.05, 0.1) is 0 Å². The minimum atomic E-state index is 0.400. The van der Waals surface area contributed by atoms with E-state index in [1.165, 1.54) is 6.42 Å². The van der Waals surface area contributed by atoms with E-state index in [4.69, 9.17) is 0 Å². The molecule has 1 N–H and O–H groups in total. The molecule has 0 heterocycles. The molecule has 18 heavy (non-hydrogen) atoms. The van der Waals surface area contributed by atoms with Crippen LogP contribution >= 0.6 is 0 Å². The van der Waals surface area contributed by atoms with E-state index in [1.54, 1.807) is 11.1 Å². The fourth-order valence-corrected chi connectivity index (χ4v) is 4.69. The van der Waals surface area contributed by atoms with Gasteiger partial charge in [0.2, 0.25) is 0 Å². The van der Waals surface area contributed by atoms with Gasteiger partial charge in [-0.3, -0.25) is 0 Å². The predicted molar refractivity (Wildman–Crippen MR) is 77.0 cm³/mol. The van der Waals surface area contributed by atoms with Crippen LogP contribution in [0.15, 0.2) is 24.3 Å². The maximum atomic E-state index is 3.72. The van der Waals surface area contributed by atoms with Crippen LogP contribution in [0.25, 0.3) is 0 Å². The van der Waals surface area contributed by atoms with E-state index in [9.17, 15) is 0 Å². The molecule has 1 heteroatoms. The Morgan fingerprint density at radius 1 is 1.22 bits per heavy atom. The average Bonchev–Trinajstić information content (AvgIpc) is 2.35. The summed E-state index contributed by atoms with van der Waals surface area (Å²) in [5.74, 6) is 2.32. The minimum absolute atomic E-state index is 0.400. The molecule has 1 saturated carbocycles. The van der Waals surface area contributed by atoms with Crippen molar-refractivity contribution in [3.63, 3.8) is 0 Å². The van der Waals surface area contributed by atoms with E-state index in [-0.39, 0.29) is 0 Å². The van der Waals surface area contributed by atoms with Gasteiger partial charge in [0.25, 0.3) is 0 Å². The largest absolute Gasteiger partial charge is 0.313 e. The molecular weight excluding hydrogens is 218 g/mol. The molecule has 3 rings (SSSR count). The van der Waals surface area contributed by atoms with Crippen LogP contribution in [0.3, 0.4) is 0 Å². The first-order valence-electron chi connectivity index (χ1n) is 7.39. The second kappa shape index (κ2) is 4.09. The standard InChI is InChI=1S/C17H25N/c1-5-18-16-14-10-11(2)12-8-6-7-9-13(12)15(14)17(16,3)4/h6-9,11,14-16,18H,5,10H2,1-4H3. The van der Waals surface area contributed by atoms with Crippen LogP contribution in [-0.4, -0.2) is 12.6 Å². The first kappa shape index (κ1) is 12.2. The van der Waals surface area contributed by atoms with Gasteiger partial charge in [0, 0.05) is 6.04 Å². The zero-order chi connectivity index (χ0) is 12.9. The summed E-state index contributed by atoms with van der Waals surface area (Å²) in [6, 6.07) is 9.82. The van der Waals surface area contributed by atoms with E-state index in [0.717, 1.165) is 24.3 Å². The average molecular weight is 243 g/mol. The molecule has 4 atom stereocenters. The van der Waals surface area contributed by atoms with Gasteiger partial charge in [-0.15, -0.1) is 0 Å². The van der Waals surface area contributed by atoms with Gasteiger partial charge < -0.3 is 5.32 Å². The number of nitrogens with one attached hydrogen (secondary N) is 1. The second-order valence-electron chi connectivity index (χ2n) is 6.76. The maximum absolute atomic E-state index is 3.72. The Morgan fingerprint density at radius 2 is 1.89 bits per heavy atom. The molecule has 1 fully saturated rings. The Hall–Kier alpha value is -0.820. The summed E-state index contributed by atoms with van der Waals surface area (Å²) in [6.45, 7) is 10.6. The molecule has 2 aliphatic carbocycles. The molecule has 0 saturated heterocycles. The molecular formula is C17H25N. The molecule has 0 spiro atoms. The van der Waals surface area contributed by atoms with Crippen LogP contribution in [0.2, 0.25) is 0 Å². The molecule has 0 bridgehead atoms. The zero-order valence-electron chi connectivity index (χ0n) is 12.0. The number of hydrogen-bond donors (Lipinski definition) is 1. The summed E-state index contributed by atoms with van der Waals surface area (Å²) < 4.78 is 0. The lowest BCUT2D eigenvalue weighted by molar-refractivity contribution is -0.0252. The van der Waals surface area contributed by atoms with Gasteiger partial charge in [0.15, 0.2) is 0 Å². The highest BCUT2D eigenvalue weighted by Gasteiger charge is 2.58. The van der Waals surface area contributed by atoms with Gasteiger partial charge >= 0.3 is 0 Å². The predicted octanol–water partition coefficient (Wildman–Crippen LogP) is 3.91. The highest BCUT2D eigenvalue weighted by Crippen LogP contribution is 2.62. The quantitative estimate of drug-likeness (QED) is 0.830. The molecule has 1 aromatic rings. The highest BCUT2D eigenvalue weighted by molar-refractivity contribution is 5.41. The monoisotopic (exact) mass is 243 g/mol. The molecule has 4 unspecified atom stereocenters. The summed E-state index contributed by atoms with van der Waals surface area (Å²) in [5.41, 5.74) is 3.62. The van der Waals surface area contributed by atoms with Crippen molar-refractivity contribution in [2.45, 2.75) is 52.0 Å². The smallest absolute Gasteiger partial charge is 0.0159 e. The first-order chi connectivity index (χ1) is 8.57. The Kier molecular flexibility index (Phi) is 2.78.